The van der Waals surface area contributed by atoms with E-state index in [9.17, 15) is 0 Å². The van der Waals surface area contributed by atoms with Gasteiger partial charge in [-0.2, -0.15) is 0 Å². The SMILES string of the molecule is CNCCCCCCCCCCCc1nc2ccccc2[nH]1. The fourth-order valence-corrected chi connectivity index (χ4v) is 2.96. The molecule has 2 aromatic rings. The van der Waals surface area contributed by atoms with Crippen molar-refractivity contribution in [2.75, 3.05) is 13.6 Å². The van der Waals surface area contributed by atoms with Gasteiger partial charge in [-0.1, -0.05) is 57.1 Å². The first-order valence-corrected chi connectivity index (χ1v) is 8.98. The number of benzene rings is 1. The Morgan fingerprint density at radius 1 is 0.864 bits per heavy atom. The number of para-hydroxylation sites is 2. The van der Waals surface area contributed by atoms with Gasteiger partial charge >= 0.3 is 0 Å². The number of nitrogens with zero attached hydrogens (tertiary/aromatic N) is 1. The van der Waals surface area contributed by atoms with Crippen LogP contribution in [0.25, 0.3) is 11.0 Å². The predicted octanol–water partition coefficient (Wildman–Crippen LogP) is 4.84. The predicted molar refractivity (Wildman–Crippen MR) is 95.3 cm³/mol. The van der Waals surface area contributed by atoms with Crippen LogP contribution in [-0.2, 0) is 6.42 Å². The number of H-pyrrole nitrogens is 1. The average Bonchev–Trinajstić information content (AvgIpc) is 2.95. The van der Waals surface area contributed by atoms with Gasteiger partial charge in [-0.05, 0) is 38.6 Å². The zero-order valence-electron chi connectivity index (χ0n) is 14.0. The molecule has 0 aliphatic rings. The molecule has 0 saturated heterocycles. The van der Waals surface area contributed by atoms with E-state index in [4.69, 9.17) is 0 Å². The van der Waals surface area contributed by atoms with Crippen LogP contribution in [0.1, 0.15) is 63.6 Å². The van der Waals surface area contributed by atoms with Crippen molar-refractivity contribution in [3.05, 3.63) is 30.1 Å². The molecule has 0 spiro atoms. The summed E-state index contributed by atoms with van der Waals surface area (Å²) in [6.07, 6.45) is 13.4. The highest BCUT2D eigenvalue weighted by Crippen LogP contribution is 2.14. The standard InChI is InChI=1S/C19H31N3/c1-20-16-12-8-6-4-2-3-5-7-9-15-19-21-17-13-10-11-14-18(17)22-19/h10-11,13-14,20H,2-9,12,15-16H2,1H3,(H,21,22). The van der Waals surface area contributed by atoms with Gasteiger partial charge in [0.1, 0.15) is 5.82 Å². The molecule has 1 heterocycles. The second-order valence-electron chi connectivity index (χ2n) is 6.24. The van der Waals surface area contributed by atoms with Crippen molar-refractivity contribution in [3.63, 3.8) is 0 Å². The Labute approximate surface area is 134 Å². The van der Waals surface area contributed by atoms with Gasteiger partial charge in [0.05, 0.1) is 11.0 Å². The minimum Gasteiger partial charge on any atom is -0.342 e. The van der Waals surface area contributed by atoms with Gasteiger partial charge in [-0.3, -0.25) is 0 Å². The summed E-state index contributed by atoms with van der Waals surface area (Å²) in [6.45, 7) is 1.17. The van der Waals surface area contributed by atoms with E-state index < -0.39 is 0 Å². The molecule has 0 aliphatic heterocycles. The molecule has 22 heavy (non-hydrogen) atoms. The van der Waals surface area contributed by atoms with Gasteiger partial charge < -0.3 is 10.3 Å². The number of unbranched alkanes of at least 4 members (excludes halogenated alkanes) is 8. The Bertz CT molecular complexity index is 485. The first-order chi connectivity index (χ1) is 10.9. The number of hydrogen-bond donors (Lipinski definition) is 2. The summed E-state index contributed by atoms with van der Waals surface area (Å²) in [6, 6.07) is 8.28. The van der Waals surface area contributed by atoms with Crippen LogP contribution in [-0.4, -0.2) is 23.6 Å². The largest absolute Gasteiger partial charge is 0.342 e. The Hall–Kier alpha value is -1.35. The second kappa shape index (κ2) is 10.4. The Morgan fingerprint density at radius 2 is 1.50 bits per heavy atom. The first-order valence-electron chi connectivity index (χ1n) is 8.98. The van der Waals surface area contributed by atoms with E-state index in [1.165, 1.54) is 64.3 Å². The number of imidazole rings is 1. The summed E-state index contributed by atoms with van der Waals surface area (Å²) in [5, 5.41) is 3.21. The molecule has 1 aromatic heterocycles. The number of aryl methyl sites for hydroxylation is 1. The summed E-state index contributed by atoms with van der Waals surface area (Å²) < 4.78 is 0. The molecule has 0 radical (unpaired) electrons. The number of hydrogen-bond acceptors (Lipinski definition) is 2. The second-order valence-corrected chi connectivity index (χ2v) is 6.24. The molecule has 0 amide bonds. The number of fused-ring (bicyclic) bond motifs is 1. The molecule has 2 N–H and O–H groups in total. The molecule has 0 bridgehead atoms. The van der Waals surface area contributed by atoms with Crippen molar-refractivity contribution in [2.24, 2.45) is 0 Å². The van der Waals surface area contributed by atoms with Crippen molar-refractivity contribution in [1.29, 1.82) is 0 Å². The molecular formula is C19H31N3. The van der Waals surface area contributed by atoms with Crippen LogP contribution in [0.4, 0.5) is 0 Å². The van der Waals surface area contributed by atoms with E-state index in [0.29, 0.717) is 0 Å². The summed E-state index contributed by atoms with van der Waals surface area (Å²) in [5.41, 5.74) is 2.26. The minimum atomic E-state index is 1.08. The van der Waals surface area contributed by atoms with Gasteiger partial charge in [-0.25, -0.2) is 4.98 Å². The maximum atomic E-state index is 4.63. The van der Waals surface area contributed by atoms with Crippen LogP contribution in [0.2, 0.25) is 0 Å². The zero-order chi connectivity index (χ0) is 15.5. The summed E-state index contributed by atoms with van der Waals surface area (Å²) in [4.78, 5) is 8.05. The number of nitrogens with one attached hydrogen (secondary N) is 2. The van der Waals surface area contributed by atoms with Crippen LogP contribution < -0.4 is 5.32 Å². The Kier molecular flexibility index (Phi) is 8.03. The molecule has 0 fully saturated rings. The van der Waals surface area contributed by atoms with Gasteiger partial charge in [-0.15, -0.1) is 0 Å². The number of aromatic amines is 1. The summed E-state index contributed by atoms with van der Waals surface area (Å²) in [7, 11) is 2.03. The van der Waals surface area contributed by atoms with Gasteiger partial charge in [0.15, 0.2) is 0 Å². The molecule has 3 heteroatoms. The van der Waals surface area contributed by atoms with Crippen LogP contribution in [0.5, 0.6) is 0 Å². The average molecular weight is 301 g/mol. The van der Waals surface area contributed by atoms with E-state index in [0.717, 1.165) is 23.3 Å². The fourth-order valence-electron chi connectivity index (χ4n) is 2.96. The molecule has 122 valence electrons. The quantitative estimate of drug-likeness (QED) is 0.551. The van der Waals surface area contributed by atoms with Crippen molar-refractivity contribution in [3.8, 4) is 0 Å². The normalized spacial score (nSPS) is 11.3. The highest BCUT2D eigenvalue weighted by atomic mass is 14.9. The lowest BCUT2D eigenvalue weighted by Crippen LogP contribution is -2.06. The Balaban J connectivity index is 1.46. The van der Waals surface area contributed by atoms with E-state index in [1.807, 2.05) is 13.1 Å². The fraction of sp³-hybridized carbons (Fsp3) is 0.632. The van der Waals surface area contributed by atoms with Crippen LogP contribution in [0.15, 0.2) is 24.3 Å². The smallest absolute Gasteiger partial charge is 0.107 e. The molecule has 0 unspecified atom stereocenters. The maximum Gasteiger partial charge on any atom is 0.107 e. The lowest BCUT2D eigenvalue weighted by molar-refractivity contribution is 0.552. The Morgan fingerprint density at radius 3 is 2.18 bits per heavy atom. The summed E-state index contributed by atoms with van der Waals surface area (Å²) in [5.74, 6) is 1.14. The molecular weight excluding hydrogens is 270 g/mol. The minimum absolute atomic E-state index is 1.08. The van der Waals surface area contributed by atoms with E-state index in [2.05, 4.69) is 33.5 Å². The highest BCUT2D eigenvalue weighted by Gasteiger charge is 2.01. The number of rotatable bonds is 12. The highest BCUT2D eigenvalue weighted by molar-refractivity contribution is 5.74. The van der Waals surface area contributed by atoms with Crippen LogP contribution >= 0.6 is 0 Å². The molecule has 3 nitrogen and oxygen atoms in total. The van der Waals surface area contributed by atoms with Crippen LogP contribution in [0.3, 0.4) is 0 Å². The summed E-state index contributed by atoms with van der Waals surface area (Å²) >= 11 is 0. The van der Waals surface area contributed by atoms with Gasteiger partial charge in [0, 0.05) is 6.42 Å². The van der Waals surface area contributed by atoms with E-state index >= 15 is 0 Å². The van der Waals surface area contributed by atoms with Gasteiger partial charge in [0.2, 0.25) is 0 Å². The topological polar surface area (TPSA) is 40.7 Å². The third kappa shape index (κ3) is 6.18. The van der Waals surface area contributed by atoms with E-state index in [1.54, 1.807) is 0 Å². The molecule has 2 rings (SSSR count). The third-order valence-electron chi connectivity index (χ3n) is 4.28. The van der Waals surface area contributed by atoms with Gasteiger partial charge in [0.25, 0.3) is 0 Å². The van der Waals surface area contributed by atoms with Crippen molar-refractivity contribution >= 4 is 11.0 Å². The molecule has 0 atom stereocenters. The number of aromatic nitrogens is 2. The lowest BCUT2D eigenvalue weighted by Gasteiger charge is -2.02. The first kappa shape index (κ1) is 17.0. The van der Waals surface area contributed by atoms with E-state index in [-0.39, 0.29) is 0 Å². The monoisotopic (exact) mass is 301 g/mol. The molecule has 0 saturated carbocycles. The molecule has 0 aliphatic carbocycles. The van der Waals surface area contributed by atoms with Crippen molar-refractivity contribution < 1.29 is 0 Å². The maximum absolute atomic E-state index is 4.63. The van der Waals surface area contributed by atoms with Crippen LogP contribution in [0, 0.1) is 0 Å². The lowest BCUT2D eigenvalue weighted by atomic mass is 10.1. The molecule has 1 aromatic carbocycles. The zero-order valence-corrected chi connectivity index (χ0v) is 14.0. The van der Waals surface area contributed by atoms with Crippen molar-refractivity contribution in [1.82, 2.24) is 15.3 Å². The third-order valence-corrected chi connectivity index (χ3v) is 4.28. The van der Waals surface area contributed by atoms with Crippen molar-refractivity contribution in [2.45, 2.75) is 64.2 Å².